The molecule has 0 atom stereocenters. The molecule has 1 amide bonds. The van der Waals surface area contributed by atoms with Crippen LogP contribution < -0.4 is 5.32 Å². The van der Waals surface area contributed by atoms with Gasteiger partial charge in [-0.15, -0.1) is 0 Å². The number of hydrogen-bond donors (Lipinski definition) is 1. The molecule has 7 heteroatoms. The molecule has 1 fully saturated rings. The quantitative estimate of drug-likeness (QED) is 0.714. The first-order valence-corrected chi connectivity index (χ1v) is 10.8. The normalized spacial score (nSPS) is 15.2. The Balaban J connectivity index is 1.48. The molecule has 0 bridgehead atoms. The summed E-state index contributed by atoms with van der Waals surface area (Å²) in [6.07, 6.45) is 3.26. The number of aryl methyl sites for hydroxylation is 1. The summed E-state index contributed by atoms with van der Waals surface area (Å²) < 4.78 is 5.44. The maximum Gasteiger partial charge on any atom is 0.410 e. The van der Waals surface area contributed by atoms with Gasteiger partial charge in [-0.1, -0.05) is 35.6 Å². The first-order chi connectivity index (χ1) is 13.7. The summed E-state index contributed by atoms with van der Waals surface area (Å²) in [7, 11) is 0. The van der Waals surface area contributed by atoms with Crippen molar-refractivity contribution in [1.82, 2.24) is 9.88 Å². The molecular formula is C22H29N3O3S. The van der Waals surface area contributed by atoms with Crippen LogP contribution >= 0.6 is 11.3 Å². The smallest absolute Gasteiger partial charge is 0.410 e. The van der Waals surface area contributed by atoms with Crippen LogP contribution in [0, 0.1) is 12.8 Å². The Labute approximate surface area is 176 Å². The second-order valence-corrected chi connectivity index (χ2v) is 9.50. The first-order valence-electron chi connectivity index (χ1n) is 10.0. The van der Waals surface area contributed by atoms with Gasteiger partial charge in [0.1, 0.15) is 5.60 Å². The fourth-order valence-corrected chi connectivity index (χ4v) is 4.08. The van der Waals surface area contributed by atoms with E-state index in [0.29, 0.717) is 23.9 Å². The van der Waals surface area contributed by atoms with Gasteiger partial charge in [0.05, 0.1) is 11.1 Å². The van der Waals surface area contributed by atoms with Crippen molar-refractivity contribution in [2.24, 2.45) is 5.92 Å². The van der Waals surface area contributed by atoms with E-state index in [2.05, 4.69) is 10.3 Å². The molecule has 0 spiro atoms. The molecule has 0 unspecified atom stereocenters. The number of rotatable bonds is 5. The zero-order valence-electron chi connectivity index (χ0n) is 17.5. The lowest BCUT2D eigenvalue weighted by Gasteiger charge is -2.33. The summed E-state index contributed by atoms with van der Waals surface area (Å²) >= 11 is 1.39. The van der Waals surface area contributed by atoms with Gasteiger partial charge in [0, 0.05) is 25.2 Å². The van der Waals surface area contributed by atoms with Crippen LogP contribution in [-0.4, -0.2) is 47.0 Å². The Bertz CT molecular complexity index is 864. The zero-order chi connectivity index (χ0) is 21.0. The van der Waals surface area contributed by atoms with Crippen LogP contribution in [0.2, 0.25) is 0 Å². The summed E-state index contributed by atoms with van der Waals surface area (Å²) in [6, 6.07) is 7.60. The molecule has 156 valence electrons. The lowest BCUT2D eigenvalue weighted by molar-refractivity contribution is 0.0188. The van der Waals surface area contributed by atoms with Gasteiger partial charge >= 0.3 is 6.09 Å². The van der Waals surface area contributed by atoms with E-state index in [9.17, 15) is 9.59 Å². The number of carbonyl (C=O) groups excluding carboxylic acids is 2. The highest BCUT2D eigenvalue weighted by Gasteiger charge is 2.27. The van der Waals surface area contributed by atoms with E-state index in [-0.39, 0.29) is 11.9 Å². The highest BCUT2D eigenvalue weighted by molar-refractivity contribution is 7.17. The number of ether oxygens (including phenoxy) is 1. The average molecular weight is 416 g/mol. The molecule has 0 radical (unpaired) electrons. The summed E-state index contributed by atoms with van der Waals surface area (Å²) in [5.41, 5.74) is 1.22. The molecular weight excluding hydrogens is 386 g/mol. The van der Waals surface area contributed by atoms with E-state index >= 15 is 0 Å². The topological polar surface area (TPSA) is 71.5 Å². The minimum Gasteiger partial charge on any atom is -0.444 e. The van der Waals surface area contributed by atoms with Gasteiger partial charge in [-0.2, -0.15) is 0 Å². The van der Waals surface area contributed by atoms with Crippen molar-refractivity contribution in [2.45, 2.75) is 46.1 Å². The van der Waals surface area contributed by atoms with Crippen LogP contribution in [0.3, 0.4) is 0 Å². The zero-order valence-corrected chi connectivity index (χ0v) is 18.3. The van der Waals surface area contributed by atoms with Gasteiger partial charge < -0.3 is 15.0 Å². The molecule has 1 aliphatic rings. The third-order valence-corrected chi connectivity index (χ3v) is 5.88. The molecule has 1 N–H and O–H groups in total. The third kappa shape index (κ3) is 5.79. The molecule has 3 rings (SSSR count). The minimum absolute atomic E-state index is 0.0133. The molecule has 1 aromatic carbocycles. The van der Waals surface area contributed by atoms with E-state index in [0.717, 1.165) is 35.6 Å². The van der Waals surface area contributed by atoms with Gasteiger partial charge in [0.25, 0.3) is 0 Å². The molecule has 1 aromatic heterocycles. The van der Waals surface area contributed by atoms with Crippen molar-refractivity contribution in [1.29, 1.82) is 0 Å². The molecule has 2 aromatic rings. The summed E-state index contributed by atoms with van der Waals surface area (Å²) in [5, 5.41) is 4.12. The number of ketones is 1. The average Bonchev–Trinajstić information content (AvgIpc) is 3.14. The fourth-order valence-electron chi connectivity index (χ4n) is 3.30. The third-order valence-electron chi connectivity index (χ3n) is 4.93. The van der Waals surface area contributed by atoms with Crippen LogP contribution in [0.4, 0.5) is 9.93 Å². The van der Waals surface area contributed by atoms with Crippen LogP contribution in [0.1, 0.15) is 54.4 Å². The largest absolute Gasteiger partial charge is 0.444 e. The van der Waals surface area contributed by atoms with Crippen LogP contribution in [0.25, 0.3) is 0 Å². The van der Waals surface area contributed by atoms with Gasteiger partial charge in [-0.3, -0.25) is 4.79 Å². The minimum atomic E-state index is -0.465. The highest BCUT2D eigenvalue weighted by atomic mass is 32.1. The fraction of sp³-hybridized carbons (Fsp3) is 0.500. The molecule has 0 saturated carbocycles. The van der Waals surface area contributed by atoms with E-state index in [4.69, 9.17) is 4.74 Å². The van der Waals surface area contributed by atoms with Gasteiger partial charge in [-0.25, -0.2) is 9.78 Å². The first kappa shape index (κ1) is 21.3. The Morgan fingerprint density at radius 2 is 1.93 bits per heavy atom. The Hall–Kier alpha value is -2.41. The predicted molar refractivity (Wildman–Crippen MR) is 116 cm³/mol. The second kappa shape index (κ2) is 8.95. The van der Waals surface area contributed by atoms with E-state index < -0.39 is 5.60 Å². The van der Waals surface area contributed by atoms with Crippen molar-refractivity contribution in [3.05, 3.63) is 46.5 Å². The maximum atomic E-state index is 12.7. The SMILES string of the molecule is Cc1ccccc1C(=O)c1cnc(NCC2CCN(C(=O)OC(C)(C)C)CC2)s1. The van der Waals surface area contributed by atoms with Crippen LogP contribution in [0.15, 0.2) is 30.5 Å². The summed E-state index contributed by atoms with van der Waals surface area (Å²) in [6.45, 7) is 9.78. The summed E-state index contributed by atoms with van der Waals surface area (Å²) in [5.74, 6) is 0.479. The standard InChI is InChI=1S/C22H29N3O3S/c1-15-7-5-6-8-17(15)19(26)18-14-24-20(29-18)23-13-16-9-11-25(12-10-16)21(27)28-22(2,3)4/h5-8,14,16H,9-13H2,1-4H3,(H,23,24). The number of aromatic nitrogens is 1. The number of piperidine rings is 1. The van der Waals surface area contributed by atoms with E-state index in [1.54, 1.807) is 11.1 Å². The van der Waals surface area contributed by atoms with Crippen molar-refractivity contribution >= 4 is 28.3 Å². The summed E-state index contributed by atoms with van der Waals surface area (Å²) in [4.78, 5) is 31.6. The number of likely N-dealkylation sites (tertiary alicyclic amines) is 1. The number of nitrogens with zero attached hydrogens (tertiary/aromatic N) is 2. The monoisotopic (exact) mass is 415 g/mol. The molecule has 2 heterocycles. The number of hydrogen-bond acceptors (Lipinski definition) is 6. The van der Waals surface area contributed by atoms with Gasteiger partial charge in [0.2, 0.25) is 5.78 Å². The Morgan fingerprint density at radius 3 is 2.59 bits per heavy atom. The molecule has 1 saturated heterocycles. The Morgan fingerprint density at radius 1 is 1.24 bits per heavy atom. The number of amides is 1. The molecule has 29 heavy (non-hydrogen) atoms. The van der Waals surface area contributed by atoms with Crippen molar-refractivity contribution in [3.8, 4) is 0 Å². The predicted octanol–water partition coefficient (Wildman–Crippen LogP) is 4.74. The highest BCUT2D eigenvalue weighted by Crippen LogP contribution is 2.25. The number of benzene rings is 1. The van der Waals surface area contributed by atoms with E-state index in [1.807, 2.05) is 52.0 Å². The number of carbonyl (C=O) groups is 2. The van der Waals surface area contributed by atoms with Crippen LogP contribution in [0.5, 0.6) is 0 Å². The molecule has 1 aliphatic heterocycles. The molecule has 0 aliphatic carbocycles. The molecule has 6 nitrogen and oxygen atoms in total. The van der Waals surface area contributed by atoms with Crippen molar-refractivity contribution in [3.63, 3.8) is 0 Å². The lowest BCUT2D eigenvalue weighted by atomic mass is 9.97. The Kier molecular flexibility index (Phi) is 6.57. The number of thiazole rings is 1. The van der Waals surface area contributed by atoms with Crippen molar-refractivity contribution in [2.75, 3.05) is 25.0 Å². The van der Waals surface area contributed by atoms with Crippen molar-refractivity contribution < 1.29 is 14.3 Å². The lowest BCUT2D eigenvalue weighted by Crippen LogP contribution is -2.42. The number of nitrogens with one attached hydrogen (secondary N) is 1. The van der Waals surface area contributed by atoms with Gasteiger partial charge in [-0.05, 0) is 52.0 Å². The van der Waals surface area contributed by atoms with Gasteiger partial charge in [0.15, 0.2) is 5.13 Å². The second-order valence-electron chi connectivity index (χ2n) is 8.47. The number of anilines is 1. The van der Waals surface area contributed by atoms with E-state index in [1.165, 1.54) is 11.3 Å². The maximum absolute atomic E-state index is 12.7. The van der Waals surface area contributed by atoms with Crippen LogP contribution in [-0.2, 0) is 4.74 Å².